The van der Waals surface area contributed by atoms with E-state index in [-0.39, 0.29) is 6.04 Å². The molecule has 0 spiro atoms. The number of ether oxygens (including phenoxy) is 1. The highest BCUT2D eigenvalue weighted by Crippen LogP contribution is 2.19. The summed E-state index contributed by atoms with van der Waals surface area (Å²) in [5, 5.41) is 12.3. The first-order valence-corrected chi connectivity index (χ1v) is 12.3. The standard InChI is InChI=1S/C27H34N6O/c1-3-7-22(8-4-1)11-13-33-21-25-26(31-33)27(28-12-14-32-15-17-34-18-16-32)30-24(20-29-25)19-23-9-5-2-6-10-23/h1-10,21,24,29H,11-20H2,(H,28,30). The molecule has 0 radical (unpaired) electrons. The molecule has 7 heteroatoms. The summed E-state index contributed by atoms with van der Waals surface area (Å²) in [6, 6.07) is 21.4. The van der Waals surface area contributed by atoms with Gasteiger partial charge in [0.2, 0.25) is 0 Å². The van der Waals surface area contributed by atoms with Crippen molar-refractivity contribution in [1.29, 1.82) is 0 Å². The van der Waals surface area contributed by atoms with Crippen molar-refractivity contribution in [3.63, 3.8) is 0 Å². The maximum absolute atomic E-state index is 5.48. The number of hydrogen-bond donors (Lipinski definition) is 2. The zero-order valence-corrected chi connectivity index (χ0v) is 19.7. The molecule has 3 heterocycles. The number of amidine groups is 1. The first kappa shape index (κ1) is 22.6. The predicted octanol–water partition coefficient (Wildman–Crippen LogP) is 2.83. The summed E-state index contributed by atoms with van der Waals surface area (Å²) >= 11 is 0. The van der Waals surface area contributed by atoms with Gasteiger partial charge in [-0.05, 0) is 24.0 Å². The fourth-order valence-electron chi connectivity index (χ4n) is 4.54. The van der Waals surface area contributed by atoms with E-state index in [1.165, 1.54) is 11.1 Å². The van der Waals surface area contributed by atoms with Crippen molar-refractivity contribution in [2.45, 2.75) is 25.4 Å². The van der Waals surface area contributed by atoms with Gasteiger partial charge < -0.3 is 15.4 Å². The van der Waals surface area contributed by atoms with E-state index in [0.717, 1.165) is 82.5 Å². The summed E-state index contributed by atoms with van der Waals surface area (Å²) in [4.78, 5) is 7.43. The molecule has 1 atom stereocenters. The average molecular weight is 459 g/mol. The van der Waals surface area contributed by atoms with Gasteiger partial charge in [0.25, 0.3) is 0 Å². The minimum absolute atomic E-state index is 0.247. The van der Waals surface area contributed by atoms with Gasteiger partial charge in [0, 0.05) is 45.0 Å². The van der Waals surface area contributed by atoms with Crippen LogP contribution in [-0.4, -0.2) is 72.5 Å². The molecule has 1 aromatic heterocycles. The zero-order chi connectivity index (χ0) is 23.0. The third-order valence-electron chi connectivity index (χ3n) is 6.45. The van der Waals surface area contributed by atoms with Crippen LogP contribution in [0.2, 0.25) is 0 Å². The normalized spacial score (nSPS) is 19.8. The number of anilines is 1. The fraction of sp³-hybridized carbons (Fsp3) is 0.407. The average Bonchev–Trinajstić information content (AvgIpc) is 3.23. The second-order valence-corrected chi connectivity index (χ2v) is 8.99. The molecule has 1 fully saturated rings. The molecule has 34 heavy (non-hydrogen) atoms. The molecule has 2 N–H and O–H groups in total. The SMILES string of the molecule is c1ccc(CCn2cc3c(n2)C(=NCCN2CCOCC2)NC(Cc2ccccc2)CN3)cc1. The summed E-state index contributed by atoms with van der Waals surface area (Å²) in [7, 11) is 0. The van der Waals surface area contributed by atoms with Crippen molar-refractivity contribution in [2.75, 3.05) is 51.3 Å². The van der Waals surface area contributed by atoms with Crippen LogP contribution in [0.25, 0.3) is 0 Å². The molecular weight excluding hydrogens is 424 g/mol. The molecule has 7 nitrogen and oxygen atoms in total. The van der Waals surface area contributed by atoms with Gasteiger partial charge in [-0.3, -0.25) is 14.6 Å². The molecule has 5 rings (SSSR count). The van der Waals surface area contributed by atoms with Crippen molar-refractivity contribution in [3.8, 4) is 0 Å². The zero-order valence-electron chi connectivity index (χ0n) is 19.7. The van der Waals surface area contributed by atoms with Crippen LogP contribution >= 0.6 is 0 Å². The molecule has 2 aliphatic heterocycles. The van der Waals surface area contributed by atoms with Gasteiger partial charge in [-0.2, -0.15) is 5.10 Å². The second-order valence-electron chi connectivity index (χ2n) is 8.99. The monoisotopic (exact) mass is 458 g/mol. The smallest absolute Gasteiger partial charge is 0.151 e. The fourth-order valence-corrected chi connectivity index (χ4v) is 4.54. The van der Waals surface area contributed by atoms with Crippen LogP contribution in [-0.2, 0) is 24.1 Å². The number of hydrogen-bond acceptors (Lipinski definition) is 5. The van der Waals surface area contributed by atoms with E-state index in [1.54, 1.807) is 0 Å². The first-order chi connectivity index (χ1) is 16.8. The Morgan fingerprint density at radius 2 is 1.68 bits per heavy atom. The van der Waals surface area contributed by atoms with E-state index in [2.05, 4.69) is 82.4 Å². The van der Waals surface area contributed by atoms with E-state index in [1.807, 2.05) is 4.68 Å². The molecule has 3 aromatic rings. The van der Waals surface area contributed by atoms with Gasteiger partial charge >= 0.3 is 0 Å². The highest BCUT2D eigenvalue weighted by molar-refractivity contribution is 6.02. The summed E-state index contributed by atoms with van der Waals surface area (Å²) in [5.74, 6) is 0.896. The molecule has 2 aromatic carbocycles. The van der Waals surface area contributed by atoms with Crippen LogP contribution in [0.1, 0.15) is 16.8 Å². The highest BCUT2D eigenvalue weighted by Gasteiger charge is 2.23. The van der Waals surface area contributed by atoms with E-state index in [4.69, 9.17) is 14.8 Å². The number of aliphatic imine (C=N–C) groups is 1. The number of aryl methyl sites for hydroxylation is 2. The van der Waals surface area contributed by atoms with Crippen LogP contribution in [0.5, 0.6) is 0 Å². The molecule has 0 aliphatic carbocycles. The van der Waals surface area contributed by atoms with Gasteiger partial charge in [-0.1, -0.05) is 60.7 Å². The first-order valence-electron chi connectivity index (χ1n) is 12.3. The number of benzene rings is 2. The van der Waals surface area contributed by atoms with Crippen LogP contribution < -0.4 is 10.6 Å². The molecule has 0 saturated carbocycles. The summed E-state index contributed by atoms with van der Waals surface area (Å²) < 4.78 is 7.52. The number of nitrogens with one attached hydrogen (secondary N) is 2. The van der Waals surface area contributed by atoms with Crippen molar-refractivity contribution in [1.82, 2.24) is 20.0 Å². The van der Waals surface area contributed by atoms with Crippen LogP contribution in [0, 0.1) is 0 Å². The minimum Gasteiger partial charge on any atom is -0.380 e. The molecule has 2 aliphatic rings. The molecule has 178 valence electrons. The Bertz CT molecular complexity index is 1060. The highest BCUT2D eigenvalue weighted by atomic mass is 16.5. The molecule has 0 amide bonds. The summed E-state index contributed by atoms with van der Waals surface area (Å²) in [6.07, 6.45) is 4.02. The third-order valence-corrected chi connectivity index (χ3v) is 6.45. The van der Waals surface area contributed by atoms with Crippen molar-refractivity contribution in [3.05, 3.63) is 83.7 Å². The van der Waals surface area contributed by atoms with Gasteiger partial charge in [-0.15, -0.1) is 0 Å². The molecular formula is C27H34N6O. The van der Waals surface area contributed by atoms with Gasteiger partial charge in [0.05, 0.1) is 25.4 Å². The van der Waals surface area contributed by atoms with Crippen LogP contribution in [0.3, 0.4) is 0 Å². The second kappa shape index (κ2) is 11.3. The largest absolute Gasteiger partial charge is 0.380 e. The van der Waals surface area contributed by atoms with Gasteiger partial charge in [0.15, 0.2) is 11.5 Å². The Morgan fingerprint density at radius 1 is 0.941 bits per heavy atom. The van der Waals surface area contributed by atoms with E-state index < -0.39 is 0 Å². The molecule has 1 unspecified atom stereocenters. The van der Waals surface area contributed by atoms with E-state index in [9.17, 15) is 0 Å². The van der Waals surface area contributed by atoms with Gasteiger partial charge in [-0.25, -0.2) is 0 Å². The number of nitrogens with zero attached hydrogens (tertiary/aromatic N) is 4. The molecule has 0 bridgehead atoms. The van der Waals surface area contributed by atoms with Crippen LogP contribution in [0.4, 0.5) is 5.69 Å². The van der Waals surface area contributed by atoms with E-state index in [0.29, 0.717) is 0 Å². The Hall–Kier alpha value is -3.16. The lowest BCUT2D eigenvalue weighted by atomic mass is 10.1. The van der Waals surface area contributed by atoms with Crippen molar-refractivity contribution < 1.29 is 4.74 Å². The number of fused-ring (bicyclic) bond motifs is 1. The maximum atomic E-state index is 5.48. The minimum atomic E-state index is 0.247. The summed E-state index contributed by atoms with van der Waals surface area (Å²) in [6.45, 7) is 6.95. The Labute approximate surface area is 201 Å². The summed E-state index contributed by atoms with van der Waals surface area (Å²) in [5.41, 5.74) is 4.62. The number of rotatable bonds is 8. The van der Waals surface area contributed by atoms with Crippen molar-refractivity contribution >= 4 is 11.5 Å². The maximum Gasteiger partial charge on any atom is 0.151 e. The predicted molar refractivity (Wildman–Crippen MR) is 137 cm³/mol. The topological polar surface area (TPSA) is 66.7 Å². The quantitative estimate of drug-likeness (QED) is 0.543. The number of aromatic nitrogens is 2. The number of morpholine rings is 1. The Morgan fingerprint density at radius 3 is 2.44 bits per heavy atom. The Kier molecular flexibility index (Phi) is 7.53. The lowest BCUT2D eigenvalue weighted by molar-refractivity contribution is 0.0394. The van der Waals surface area contributed by atoms with E-state index >= 15 is 0 Å². The van der Waals surface area contributed by atoms with Crippen LogP contribution in [0.15, 0.2) is 71.9 Å². The lowest BCUT2D eigenvalue weighted by Gasteiger charge is -2.25. The Balaban J connectivity index is 1.31. The van der Waals surface area contributed by atoms with Crippen molar-refractivity contribution in [2.24, 2.45) is 4.99 Å². The lowest BCUT2D eigenvalue weighted by Crippen LogP contribution is -2.40. The third kappa shape index (κ3) is 6.04. The van der Waals surface area contributed by atoms with Gasteiger partial charge in [0.1, 0.15) is 0 Å². The molecule has 1 saturated heterocycles.